The van der Waals surface area contributed by atoms with E-state index in [1.54, 1.807) is 24.3 Å². The SMILES string of the molecule is Cc1ccc(C2=NC(=Cc3ccc(Cl)c(Cl)c3)C(=O)O2)cc1C. The number of rotatable bonds is 2. The third-order valence-corrected chi connectivity index (χ3v) is 4.36. The van der Waals surface area contributed by atoms with Crippen LogP contribution in [-0.4, -0.2) is 11.9 Å². The Labute approximate surface area is 144 Å². The van der Waals surface area contributed by atoms with Crippen LogP contribution in [0.1, 0.15) is 22.3 Å². The Bertz CT molecular complexity index is 869. The van der Waals surface area contributed by atoms with E-state index in [4.69, 9.17) is 27.9 Å². The van der Waals surface area contributed by atoms with E-state index in [1.807, 2.05) is 32.0 Å². The Morgan fingerprint density at radius 2 is 1.78 bits per heavy atom. The van der Waals surface area contributed by atoms with Gasteiger partial charge >= 0.3 is 5.97 Å². The molecule has 3 nitrogen and oxygen atoms in total. The molecule has 0 atom stereocenters. The van der Waals surface area contributed by atoms with Gasteiger partial charge in [-0.2, -0.15) is 0 Å². The van der Waals surface area contributed by atoms with Gasteiger partial charge in [0.2, 0.25) is 5.90 Å². The second kappa shape index (κ2) is 6.19. The van der Waals surface area contributed by atoms with Gasteiger partial charge < -0.3 is 4.74 Å². The van der Waals surface area contributed by atoms with E-state index in [-0.39, 0.29) is 5.70 Å². The van der Waals surface area contributed by atoms with E-state index >= 15 is 0 Å². The third kappa shape index (κ3) is 3.31. The first kappa shape index (κ1) is 15.8. The summed E-state index contributed by atoms with van der Waals surface area (Å²) < 4.78 is 5.26. The number of nitrogens with zero attached hydrogens (tertiary/aromatic N) is 1. The van der Waals surface area contributed by atoms with Crippen LogP contribution in [0.5, 0.6) is 0 Å². The summed E-state index contributed by atoms with van der Waals surface area (Å²) in [5, 5.41) is 0.882. The first-order valence-corrected chi connectivity index (χ1v) is 7.75. The third-order valence-electron chi connectivity index (χ3n) is 3.62. The zero-order valence-corrected chi connectivity index (χ0v) is 14.1. The summed E-state index contributed by atoms with van der Waals surface area (Å²) in [6, 6.07) is 10.9. The van der Waals surface area contributed by atoms with Crippen molar-refractivity contribution in [2.24, 2.45) is 4.99 Å². The summed E-state index contributed by atoms with van der Waals surface area (Å²) in [5.41, 5.74) is 4.03. The zero-order valence-electron chi connectivity index (χ0n) is 12.6. The van der Waals surface area contributed by atoms with Crippen LogP contribution in [0.2, 0.25) is 10.0 Å². The van der Waals surface area contributed by atoms with Crippen molar-refractivity contribution in [1.29, 1.82) is 0 Å². The molecule has 3 rings (SSSR count). The largest absolute Gasteiger partial charge is 0.402 e. The fourth-order valence-corrected chi connectivity index (χ4v) is 2.47. The number of ether oxygens (including phenoxy) is 1. The van der Waals surface area contributed by atoms with Crippen LogP contribution in [-0.2, 0) is 9.53 Å². The van der Waals surface area contributed by atoms with Gasteiger partial charge in [0.1, 0.15) is 0 Å². The summed E-state index contributed by atoms with van der Waals surface area (Å²) >= 11 is 11.9. The summed E-state index contributed by atoms with van der Waals surface area (Å²) in [7, 11) is 0. The van der Waals surface area contributed by atoms with Crippen molar-refractivity contribution in [1.82, 2.24) is 0 Å². The quantitative estimate of drug-likeness (QED) is 0.570. The highest BCUT2D eigenvalue weighted by Gasteiger charge is 2.24. The van der Waals surface area contributed by atoms with Gasteiger partial charge in [0.25, 0.3) is 0 Å². The van der Waals surface area contributed by atoms with Crippen molar-refractivity contribution in [3.63, 3.8) is 0 Å². The van der Waals surface area contributed by atoms with Gasteiger partial charge in [-0.05, 0) is 60.9 Å². The Kier molecular flexibility index (Phi) is 4.24. The maximum Gasteiger partial charge on any atom is 0.363 e. The molecule has 0 radical (unpaired) electrons. The van der Waals surface area contributed by atoms with Crippen molar-refractivity contribution >= 4 is 41.1 Å². The minimum atomic E-state index is -0.482. The van der Waals surface area contributed by atoms with E-state index in [1.165, 1.54) is 5.56 Å². The van der Waals surface area contributed by atoms with Crippen LogP contribution in [0.25, 0.3) is 6.08 Å². The molecule has 23 heavy (non-hydrogen) atoms. The zero-order chi connectivity index (χ0) is 16.6. The number of benzene rings is 2. The molecule has 2 aromatic carbocycles. The second-order valence-electron chi connectivity index (χ2n) is 5.31. The maximum atomic E-state index is 12.0. The van der Waals surface area contributed by atoms with Crippen molar-refractivity contribution in [2.75, 3.05) is 0 Å². The van der Waals surface area contributed by atoms with E-state index < -0.39 is 5.97 Å². The first-order chi connectivity index (χ1) is 10.9. The van der Waals surface area contributed by atoms with Crippen LogP contribution in [0.4, 0.5) is 0 Å². The lowest BCUT2D eigenvalue weighted by Crippen LogP contribution is -2.05. The Balaban J connectivity index is 1.95. The lowest BCUT2D eigenvalue weighted by atomic mass is 10.1. The monoisotopic (exact) mass is 345 g/mol. The molecule has 0 aliphatic carbocycles. The molecular weight excluding hydrogens is 333 g/mol. The number of hydrogen-bond acceptors (Lipinski definition) is 3. The number of hydrogen-bond donors (Lipinski definition) is 0. The van der Waals surface area contributed by atoms with Gasteiger partial charge in [-0.25, -0.2) is 9.79 Å². The van der Waals surface area contributed by atoms with Gasteiger partial charge in [0.15, 0.2) is 5.70 Å². The van der Waals surface area contributed by atoms with Crippen molar-refractivity contribution in [3.05, 3.63) is 74.4 Å². The number of carbonyl (C=O) groups is 1. The first-order valence-electron chi connectivity index (χ1n) is 6.99. The smallest absolute Gasteiger partial charge is 0.363 e. The molecule has 1 heterocycles. The van der Waals surface area contributed by atoms with Crippen molar-refractivity contribution in [3.8, 4) is 0 Å². The van der Waals surface area contributed by atoms with E-state index in [0.717, 1.165) is 16.7 Å². The number of cyclic esters (lactones) is 1. The number of carbonyl (C=O) groups excluding carboxylic acids is 1. The molecule has 0 amide bonds. The van der Waals surface area contributed by atoms with Crippen LogP contribution in [0, 0.1) is 13.8 Å². The Morgan fingerprint density at radius 1 is 1.00 bits per heavy atom. The molecule has 0 unspecified atom stereocenters. The van der Waals surface area contributed by atoms with E-state index in [9.17, 15) is 4.79 Å². The number of aryl methyl sites for hydroxylation is 2. The summed E-state index contributed by atoms with van der Waals surface area (Å²) in [6.45, 7) is 4.03. The lowest BCUT2D eigenvalue weighted by Gasteiger charge is -2.03. The minimum absolute atomic E-state index is 0.233. The molecule has 0 N–H and O–H groups in total. The molecule has 116 valence electrons. The number of esters is 1. The molecule has 0 bridgehead atoms. The maximum absolute atomic E-state index is 12.0. The molecular formula is C18H13Cl2NO2. The van der Waals surface area contributed by atoms with Gasteiger partial charge in [-0.3, -0.25) is 0 Å². The molecule has 0 saturated heterocycles. The highest BCUT2D eigenvalue weighted by Crippen LogP contribution is 2.25. The topological polar surface area (TPSA) is 38.7 Å². The summed E-state index contributed by atoms with van der Waals surface area (Å²) in [5.74, 6) is -0.172. The Morgan fingerprint density at radius 3 is 2.48 bits per heavy atom. The molecule has 0 saturated carbocycles. The number of aliphatic imine (C=N–C) groups is 1. The number of halogens is 2. The van der Waals surface area contributed by atoms with Crippen LogP contribution >= 0.6 is 23.2 Å². The van der Waals surface area contributed by atoms with E-state index in [2.05, 4.69) is 4.99 Å². The minimum Gasteiger partial charge on any atom is -0.402 e. The molecule has 0 spiro atoms. The van der Waals surface area contributed by atoms with Crippen LogP contribution < -0.4 is 0 Å². The predicted octanol–water partition coefficient (Wildman–Crippen LogP) is 4.95. The van der Waals surface area contributed by atoms with E-state index in [0.29, 0.717) is 15.9 Å². The van der Waals surface area contributed by atoms with Gasteiger partial charge in [-0.15, -0.1) is 0 Å². The van der Waals surface area contributed by atoms with Gasteiger partial charge in [-0.1, -0.05) is 35.3 Å². The molecule has 5 heteroatoms. The summed E-state index contributed by atoms with van der Waals surface area (Å²) in [6.07, 6.45) is 1.62. The average Bonchev–Trinajstić information content (AvgIpc) is 2.87. The highest BCUT2D eigenvalue weighted by molar-refractivity contribution is 6.42. The molecule has 2 aromatic rings. The molecule has 1 aliphatic heterocycles. The lowest BCUT2D eigenvalue weighted by molar-refractivity contribution is -0.129. The molecule has 1 aliphatic rings. The normalized spacial score (nSPS) is 15.7. The fraction of sp³-hybridized carbons (Fsp3) is 0.111. The Hall–Kier alpha value is -2.10. The van der Waals surface area contributed by atoms with Crippen LogP contribution in [0.3, 0.4) is 0 Å². The average molecular weight is 346 g/mol. The predicted molar refractivity (Wildman–Crippen MR) is 93.0 cm³/mol. The fourth-order valence-electron chi connectivity index (χ4n) is 2.17. The second-order valence-corrected chi connectivity index (χ2v) is 6.12. The standard InChI is InChI=1S/C18H13Cl2NO2/c1-10-3-5-13(7-11(10)2)17-21-16(18(22)23-17)9-12-4-6-14(19)15(20)8-12/h3-9H,1-2H3. The molecule has 0 aromatic heterocycles. The van der Waals surface area contributed by atoms with Crippen LogP contribution in [0.15, 0.2) is 47.1 Å². The molecule has 0 fully saturated rings. The highest BCUT2D eigenvalue weighted by atomic mass is 35.5. The van der Waals surface area contributed by atoms with Gasteiger partial charge in [0.05, 0.1) is 10.0 Å². The van der Waals surface area contributed by atoms with Crippen molar-refractivity contribution < 1.29 is 9.53 Å². The van der Waals surface area contributed by atoms with Crippen molar-refractivity contribution in [2.45, 2.75) is 13.8 Å². The summed E-state index contributed by atoms with van der Waals surface area (Å²) in [4.78, 5) is 16.3. The van der Waals surface area contributed by atoms with Gasteiger partial charge in [0, 0.05) is 5.56 Å².